The number of hydrogen-bond donors (Lipinski definition) is 3. The zero-order valence-corrected chi connectivity index (χ0v) is 19.3. The minimum absolute atomic E-state index is 0.0923. The van der Waals surface area contributed by atoms with Gasteiger partial charge in [0.05, 0.1) is 31.6 Å². The summed E-state index contributed by atoms with van der Waals surface area (Å²) in [4.78, 5) is 16.0. The van der Waals surface area contributed by atoms with Crippen LogP contribution in [0.25, 0.3) is 0 Å². The first-order valence-corrected chi connectivity index (χ1v) is 12.2. The van der Waals surface area contributed by atoms with Gasteiger partial charge >= 0.3 is 0 Å². The third-order valence-corrected chi connectivity index (χ3v) is 6.61. The molecular weight excluding hydrogens is 408 g/mol. The maximum absolute atomic E-state index is 11.3. The number of nitrogens with zero attached hydrogens (tertiary/aromatic N) is 3. The molecule has 3 rings (SSSR count). The van der Waals surface area contributed by atoms with E-state index in [9.17, 15) is 15.1 Å². The molecule has 0 spiro atoms. The SMILES string of the molecule is O=Nc1cc(CN2CCOCC2)ccc1NCCCCCCN1CCC[C@@H](O)C[C@H]1CO. The molecule has 0 unspecified atom stereocenters. The Morgan fingerprint density at radius 3 is 2.72 bits per heavy atom. The number of rotatable bonds is 12. The van der Waals surface area contributed by atoms with E-state index in [-0.39, 0.29) is 18.8 Å². The monoisotopic (exact) mass is 448 g/mol. The van der Waals surface area contributed by atoms with Crippen LogP contribution in [0.3, 0.4) is 0 Å². The molecule has 0 amide bonds. The molecule has 2 saturated heterocycles. The first-order chi connectivity index (χ1) is 15.7. The van der Waals surface area contributed by atoms with E-state index in [1.807, 2.05) is 12.1 Å². The Bertz CT molecular complexity index is 684. The molecule has 0 aliphatic carbocycles. The number of aliphatic hydroxyl groups is 2. The van der Waals surface area contributed by atoms with Crippen molar-refractivity contribution in [1.82, 2.24) is 9.80 Å². The number of anilines is 1. The Morgan fingerprint density at radius 2 is 1.94 bits per heavy atom. The predicted molar refractivity (Wildman–Crippen MR) is 127 cm³/mol. The highest BCUT2D eigenvalue weighted by Gasteiger charge is 2.24. The summed E-state index contributed by atoms with van der Waals surface area (Å²) in [6.45, 7) is 7.08. The van der Waals surface area contributed by atoms with E-state index < -0.39 is 0 Å². The van der Waals surface area contributed by atoms with Gasteiger partial charge in [0.2, 0.25) is 0 Å². The number of benzene rings is 1. The number of unbranched alkanes of at least 4 members (excludes halogenated alkanes) is 3. The Hall–Kier alpha value is -1.58. The zero-order chi connectivity index (χ0) is 22.6. The van der Waals surface area contributed by atoms with Crippen molar-refractivity contribution in [3.05, 3.63) is 28.7 Å². The molecule has 2 fully saturated rings. The standard InChI is InChI=1S/C24H40N4O4/c29-19-21-17-22(30)6-5-11-28(21)10-4-2-1-3-9-25-23-8-7-20(16-24(23)26-31)18-27-12-14-32-15-13-27/h7-8,16,21-22,25,29-30H,1-6,9-15,17-19H2/t21-,22+/m0/s1. The van der Waals surface area contributed by atoms with Crippen LogP contribution in [0.15, 0.2) is 23.4 Å². The molecule has 8 heteroatoms. The fourth-order valence-electron chi connectivity index (χ4n) is 4.71. The molecule has 32 heavy (non-hydrogen) atoms. The highest BCUT2D eigenvalue weighted by atomic mass is 16.5. The van der Waals surface area contributed by atoms with Gasteiger partial charge in [-0.1, -0.05) is 18.9 Å². The summed E-state index contributed by atoms with van der Waals surface area (Å²) in [7, 11) is 0. The van der Waals surface area contributed by atoms with Gasteiger partial charge in [0, 0.05) is 32.2 Å². The topological polar surface area (TPSA) is 97.6 Å². The van der Waals surface area contributed by atoms with Crippen molar-refractivity contribution in [1.29, 1.82) is 0 Å². The third-order valence-electron chi connectivity index (χ3n) is 6.61. The molecular formula is C24H40N4O4. The maximum atomic E-state index is 11.3. The van der Waals surface area contributed by atoms with E-state index >= 15 is 0 Å². The highest BCUT2D eigenvalue weighted by molar-refractivity contribution is 5.66. The highest BCUT2D eigenvalue weighted by Crippen LogP contribution is 2.27. The number of ether oxygens (including phenoxy) is 1. The summed E-state index contributed by atoms with van der Waals surface area (Å²) >= 11 is 0. The van der Waals surface area contributed by atoms with Gasteiger partial charge in [-0.05, 0) is 68.1 Å². The van der Waals surface area contributed by atoms with Crippen molar-refractivity contribution in [2.45, 2.75) is 63.6 Å². The second-order valence-corrected chi connectivity index (χ2v) is 9.08. The lowest BCUT2D eigenvalue weighted by Gasteiger charge is -2.28. The summed E-state index contributed by atoms with van der Waals surface area (Å²) in [6, 6.07) is 6.02. The van der Waals surface area contributed by atoms with Crippen molar-refractivity contribution >= 4 is 11.4 Å². The van der Waals surface area contributed by atoms with Gasteiger partial charge in [-0.15, -0.1) is 4.91 Å². The average Bonchev–Trinajstić information content (AvgIpc) is 3.00. The molecule has 0 bridgehead atoms. The van der Waals surface area contributed by atoms with Gasteiger partial charge in [-0.3, -0.25) is 9.80 Å². The summed E-state index contributed by atoms with van der Waals surface area (Å²) in [5.74, 6) is 0. The molecule has 1 aromatic carbocycles. The Kier molecular flexibility index (Phi) is 10.8. The predicted octanol–water partition coefficient (Wildman–Crippen LogP) is 3.10. The van der Waals surface area contributed by atoms with Crippen LogP contribution in [0.1, 0.15) is 50.5 Å². The molecule has 1 aromatic rings. The maximum Gasteiger partial charge on any atom is 0.131 e. The third kappa shape index (κ3) is 8.08. The lowest BCUT2D eigenvalue weighted by Crippen LogP contribution is -2.39. The molecule has 0 aromatic heterocycles. The normalized spacial score (nSPS) is 23.1. The second-order valence-electron chi connectivity index (χ2n) is 9.08. The molecule has 2 aliphatic rings. The fraction of sp³-hybridized carbons (Fsp3) is 0.750. The smallest absolute Gasteiger partial charge is 0.131 e. The number of likely N-dealkylation sites (tertiary alicyclic amines) is 1. The van der Waals surface area contributed by atoms with Gasteiger partial charge in [-0.25, -0.2) is 0 Å². The van der Waals surface area contributed by atoms with Crippen molar-refractivity contribution in [3.8, 4) is 0 Å². The number of nitrogens with one attached hydrogen (secondary N) is 1. The molecule has 2 heterocycles. The van der Waals surface area contributed by atoms with E-state index in [1.54, 1.807) is 0 Å². The van der Waals surface area contributed by atoms with E-state index in [0.29, 0.717) is 12.1 Å². The summed E-state index contributed by atoms with van der Waals surface area (Å²) < 4.78 is 5.39. The van der Waals surface area contributed by atoms with Crippen molar-refractivity contribution in [2.75, 3.05) is 57.9 Å². The second kappa shape index (κ2) is 13.9. The van der Waals surface area contributed by atoms with Gasteiger partial charge in [-0.2, -0.15) is 0 Å². The molecule has 0 saturated carbocycles. The largest absolute Gasteiger partial charge is 0.395 e. The Morgan fingerprint density at radius 1 is 1.12 bits per heavy atom. The van der Waals surface area contributed by atoms with Crippen LogP contribution in [0.2, 0.25) is 0 Å². The van der Waals surface area contributed by atoms with E-state index in [0.717, 1.165) is 102 Å². The van der Waals surface area contributed by atoms with Crippen molar-refractivity contribution in [3.63, 3.8) is 0 Å². The van der Waals surface area contributed by atoms with Crippen LogP contribution in [0.4, 0.5) is 11.4 Å². The Labute approximate surface area is 191 Å². The number of hydrogen-bond acceptors (Lipinski definition) is 8. The quantitative estimate of drug-likeness (QED) is 0.334. The van der Waals surface area contributed by atoms with Crippen LogP contribution >= 0.6 is 0 Å². The van der Waals surface area contributed by atoms with Crippen LogP contribution in [-0.4, -0.2) is 84.7 Å². The van der Waals surface area contributed by atoms with E-state index in [1.165, 1.54) is 0 Å². The van der Waals surface area contributed by atoms with E-state index in [2.05, 4.69) is 26.4 Å². The van der Waals surface area contributed by atoms with Crippen molar-refractivity contribution < 1.29 is 14.9 Å². The molecule has 2 atom stereocenters. The summed E-state index contributed by atoms with van der Waals surface area (Å²) in [5.41, 5.74) is 2.39. The van der Waals surface area contributed by atoms with Gasteiger partial charge in [0.25, 0.3) is 0 Å². The van der Waals surface area contributed by atoms with Gasteiger partial charge in [0.15, 0.2) is 0 Å². The minimum atomic E-state index is -0.276. The van der Waals surface area contributed by atoms with Crippen LogP contribution in [0, 0.1) is 4.91 Å². The first-order valence-electron chi connectivity index (χ1n) is 12.2. The molecule has 3 N–H and O–H groups in total. The summed E-state index contributed by atoms with van der Waals surface area (Å²) in [6.07, 6.45) is 6.63. The zero-order valence-electron chi connectivity index (χ0n) is 19.3. The van der Waals surface area contributed by atoms with Crippen LogP contribution < -0.4 is 5.32 Å². The fourth-order valence-corrected chi connectivity index (χ4v) is 4.71. The number of morpholine rings is 1. The summed E-state index contributed by atoms with van der Waals surface area (Å²) in [5, 5.41) is 26.1. The molecule has 2 aliphatic heterocycles. The molecule has 8 nitrogen and oxygen atoms in total. The van der Waals surface area contributed by atoms with Gasteiger partial charge in [0.1, 0.15) is 5.69 Å². The number of nitroso groups, excluding NO2 is 1. The van der Waals surface area contributed by atoms with Gasteiger partial charge < -0.3 is 20.3 Å². The molecule has 180 valence electrons. The average molecular weight is 449 g/mol. The lowest BCUT2D eigenvalue weighted by molar-refractivity contribution is 0.0342. The first kappa shape index (κ1) is 25.1. The number of aliphatic hydroxyl groups excluding tert-OH is 2. The molecule has 0 radical (unpaired) electrons. The van der Waals surface area contributed by atoms with E-state index in [4.69, 9.17) is 4.74 Å². The Balaban J connectivity index is 1.33. The minimum Gasteiger partial charge on any atom is -0.395 e. The van der Waals surface area contributed by atoms with Crippen LogP contribution in [0.5, 0.6) is 0 Å². The van der Waals surface area contributed by atoms with Crippen molar-refractivity contribution in [2.24, 2.45) is 5.18 Å². The van der Waals surface area contributed by atoms with Crippen LogP contribution in [-0.2, 0) is 11.3 Å². The lowest BCUT2D eigenvalue weighted by atomic mass is 10.1.